The Bertz CT molecular complexity index is 679. The van der Waals surface area contributed by atoms with Crippen LogP contribution >= 0.6 is 11.3 Å². The number of amides is 1. The number of nitrogens with zero attached hydrogens (tertiary/aromatic N) is 2. The van der Waals surface area contributed by atoms with Crippen molar-refractivity contribution in [1.29, 1.82) is 0 Å². The van der Waals surface area contributed by atoms with Crippen molar-refractivity contribution < 1.29 is 9.90 Å². The van der Waals surface area contributed by atoms with Crippen LogP contribution in [0.15, 0.2) is 22.6 Å². The van der Waals surface area contributed by atoms with E-state index in [-0.39, 0.29) is 36.6 Å². The van der Waals surface area contributed by atoms with Gasteiger partial charge in [-0.05, 0) is 17.4 Å². The van der Waals surface area contributed by atoms with E-state index in [1.54, 1.807) is 11.4 Å². The minimum atomic E-state index is -0.297. The topological polar surface area (TPSA) is 84.2 Å². The molecule has 2 N–H and O–H groups in total. The summed E-state index contributed by atoms with van der Waals surface area (Å²) >= 11 is 1.31. The summed E-state index contributed by atoms with van der Waals surface area (Å²) in [4.78, 5) is 28.3. The highest BCUT2D eigenvalue weighted by atomic mass is 32.1. The van der Waals surface area contributed by atoms with Crippen LogP contribution in [0, 0.1) is 5.92 Å². The number of hydrogen-bond acceptors (Lipinski definition) is 5. The van der Waals surface area contributed by atoms with E-state index in [1.165, 1.54) is 22.2 Å². The number of thiophene rings is 1. The zero-order chi connectivity index (χ0) is 15.4. The second kappa shape index (κ2) is 6.82. The van der Waals surface area contributed by atoms with Gasteiger partial charge in [0.15, 0.2) is 0 Å². The van der Waals surface area contributed by atoms with Gasteiger partial charge in [0.1, 0.15) is 11.2 Å². The molecule has 0 aliphatic carbocycles. The molecule has 0 aliphatic rings. The summed E-state index contributed by atoms with van der Waals surface area (Å²) in [6.07, 6.45) is 2.24. The molecule has 0 saturated carbocycles. The average molecular weight is 309 g/mol. The standard InChI is InChI=1S/C14H19N3O3S/c1-3-9(2)11(7-18)16-12(19)6-17-8-15-10-4-5-21-13(10)14(17)20/h4-5,8-9,11,18H,3,6-7H2,1-2H3,(H,16,19). The molecule has 0 radical (unpaired) electrons. The Hall–Kier alpha value is -1.73. The Morgan fingerprint density at radius 3 is 3.00 bits per heavy atom. The average Bonchev–Trinajstić information content (AvgIpc) is 2.96. The SMILES string of the molecule is CCC(C)C(CO)NC(=O)Cn1cnc2ccsc2c1=O. The number of aliphatic hydroxyl groups excluding tert-OH is 1. The van der Waals surface area contributed by atoms with Crippen molar-refractivity contribution in [3.63, 3.8) is 0 Å². The van der Waals surface area contributed by atoms with Crippen LogP contribution in [0.1, 0.15) is 20.3 Å². The molecule has 1 amide bonds. The Balaban J connectivity index is 2.11. The molecule has 0 fully saturated rings. The molecule has 2 unspecified atom stereocenters. The Kier molecular flexibility index (Phi) is 5.08. The Morgan fingerprint density at radius 2 is 2.33 bits per heavy atom. The molecule has 2 rings (SSSR count). The highest BCUT2D eigenvalue weighted by Crippen LogP contribution is 2.13. The summed E-state index contributed by atoms with van der Waals surface area (Å²) in [5.74, 6) is -0.122. The highest BCUT2D eigenvalue weighted by molar-refractivity contribution is 7.17. The Morgan fingerprint density at radius 1 is 1.57 bits per heavy atom. The van der Waals surface area contributed by atoms with Crippen molar-refractivity contribution in [2.24, 2.45) is 5.92 Å². The maximum Gasteiger partial charge on any atom is 0.271 e. The van der Waals surface area contributed by atoms with Crippen LogP contribution in [0.5, 0.6) is 0 Å². The van der Waals surface area contributed by atoms with Crippen molar-refractivity contribution >= 4 is 27.5 Å². The molecule has 6 nitrogen and oxygen atoms in total. The molecular formula is C14H19N3O3S. The van der Waals surface area contributed by atoms with E-state index in [1.807, 2.05) is 13.8 Å². The Labute approximate surface area is 126 Å². The van der Waals surface area contributed by atoms with Crippen LogP contribution in [-0.4, -0.2) is 33.2 Å². The molecule has 2 heterocycles. The molecule has 2 aromatic heterocycles. The third kappa shape index (κ3) is 3.48. The van der Waals surface area contributed by atoms with E-state index in [9.17, 15) is 14.7 Å². The van der Waals surface area contributed by atoms with Gasteiger partial charge in [-0.25, -0.2) is 4.98 Å². The number of rotatable bonds is 6. The van der Waals surface area contributed by atoms with Crippen LogP contribution in [0.25, 0.3) is 10.2 Å². The minimum absolute atomic E-state index is 0.0907. The van der Waals surface area contributed by atoms with Gasteiger partial charge in [0.25, 0.3) is 5.56 Å². The summed E-state index contributed by atoms with van der Waals surface area (Å²) in [6, 6.07) is 1.48. The maximum atomic E-state index is 12.2. The maximum absolute atomic E-state index is 12.2. The van der Waals surface area contributed by atoms with Crippen LogP contribution in [-0.2, 0) is 11.3 Å². The lowest BCUT2D eigenvalue weighted by molar-refractivity contribution is -0.123. The summed E-state index contributed by atoms with van der Waals surface area (Å²) in [6.45, 7) is 3.76. The second-order valence-corrected chi connectivity index (χ2v) is 5.97. The highest BCUT2D eigenvalue weighted by Gasteiger charge is 2.18. The molecule has 0 aromatic carbocycles. The second-order valence-electron chi connectivity index (χ2n) is 5.05. The van der Waals surface area contributed by atoms with Crippen molar-refractivity contribution in [3.8, 4) is 0 Å². The van der Waals surface area contributed by atoms with Gasteiger partial charge in [-0.2, -0.15) is 0 Å². The van der Waals surface area contributed by atoms with Gasteiger partial charge in [0, 0.05) is 0 Å². The zero-order valence-corrected chi connectivity index (χ0v) is 12.9. The van der Waals surface area contributed by atoms with E-state index in [4.69, 9.17) is 0 Å². The molecular weight excluding hydrogens is 290 g/mol. The fourth-order valence-corrected chi connectivity index (χ4v) is 2.84. The van der Waals surface area contributed by atoms with Crippen LogP contribution in [0.2, 0.25) is 0 Å². The predicted molar refractivity (Wildman–Crippen MR) is 82.4 cm³/mol. The first-order chi connectivity index (χ1) is 10.1. The van der Waals surface area contributed by atoms with E-state index < -0.39 is 0 Å². The smallest absolute Gasteiger partial charge is 0.271 e. The zero-order valence-electron chi connectivity index (χ0n) is 12.1. The van der Waals surface area contributed by atoms with Gasteiger partial charge in [-0.3, -0.25) is 14.2 Å². The quantitative estimate of drug-likeness (QED) is 0.833. The molecule has 2 aromatic rings. The monoisotopic (exact) mass is 309 g/mol. The van der Waals surface area contributed by atoms with Crippen molar-refractivity contribution in [3.05, 3.63) is 28.1 Å². The third-order valence-corrected chi connectivity index (χ3v) is 4.52. The molecule has 21 heavy (non-hydrogen) atoms. The van der Waals surface area contributed by atoms with E-state index in [2.05, 4.69) is 10.3 Å². The third-order valence-electron chi connectivity index (χ3n) is 3.62. The normalized spacial score (nSPS) is 14.0. The number of carbonyl (C=O) groups is 1. The largest absolute Gasteiger partial charge is 0.394 e. The van der Waals surface area contributed by atoms with Crippen molar-refractivity contribution in [2.75, 3.05) is 6.61 Å². The summed E-state index contributed by atoms with van der Waals surface area (Å²) in [7, 11) is 0. The summed E-state index contributed by atoms with van der Waals surface area (Å²) in [5, 5.41) is 13.9. The van der Waals surface area contributed by atoms with Gasteiger partial charge in [-0.1, -0.05) is 20.3 Å². The van der Waals surface area contributed by atoms with Crippen LogP contribution < -0.4 is 10.9 Å². The van der Waals surface area contributed by atoms with Crippen LogP contribution in [0.4, 0.5) is 0 Å². The molecule has 7 heteroatoms. The molecule has 0 bridgehead atoms. The number of nitrogens with one attached hydrogen (secondary N) is 1. The van der Waals surface area contributed by atoms with Gasteiger partial charge < -0.3 is 10.4 Å². The summed E-state index contributed by atoms with van der Waals surface area (Å²) in [5.41, 5.74) is 0.434. The first kappa shape index (κ1) is 15.7. The number of aliphatic hydroxyl groups is 1. The number of hydrogen-bond donors (Lipinski definition) is 2. The molecule has 114 valence electrons. The van der Waals surface area contributed by atoms with Gasteiger partial charge in [0.2, 0.25) is 5.91 Å². The molecule has 2 atom stereocenters. The fraction of sp³-hybridized carbons (Fsp3) is 0.500. The number of fused-ring (bicyclic) bond motifs is 1. The molecule has 0 saturated heterocycles. The van der Waals surface area contributed by atoms with E-state index in [0.29, 0.717) is 10.2 Å². The number of carbonyl (C=O) groups excluding carboxylic acids is 1. The van der Waals surface area contributed by atoms with Gasteiger partial charge in [-0.15, -0.1) is 11.3 Å². The van der Waals surface area contributed by atoms with Gasteiger partial charge >= 0.3 is 0 Å². The van der Waals surface area contributed by atoms with Crippen LogP contribution in [0.3, 0.4) is 0 Å². The van der Waals surface area contributed by atoms with Crippen molar-refractivity contribution in [2.45, 2.75) is 32.9 Å². The van der Waals surface area contributed by atoms with E-state index in [0.717, 1.165) is 6.42 Å². The summed E-state index contributed by atoms with van der Waals surface area (Å²) < 4.78 is 1.84. The van der Waals surface area contributed by atoms with Gasteiger partial charge in [0.05, 0.1) is 24.5 Å². The fourth-order valence-electron chi connectivity index (χ4n) is 2.05. The minimum Gasteiger partial charge on any atom is -0.394 e. The lowest BCUT2D eigenvalue weighted by Crippen LogP contribution is -2.44. The first-order valence-corrected chi connectivity index (χ1v) is 7.77. The predicted octanol–water partition coefficient (Wildman–Crippen LogP) is 0.981. The molecule has 0 aliphatic heterocycles. The van der Waals surface area contributed by atoms with E-state index >= 15 is 0 Å². The van der Waals surface area contributed by atoms with Crippen molar-refractivity contribution in [1.82, 2.24) is 14.9 Å². The lowest BCUT2D eigenvalue weighted by atomic mass is 10.00. The molecule has 0 spiro atoms. The lowest BCUT2D eigenvalue weighted by Gasteiger charge is -2.22. The first-order valence-electron chi connectivity index (χ1n) is 6.89. The number of aromatic nitrogens is 2.